The number of nitrogens with one attached hydrogen (secondary N) is 1. The molecule has 0 saturated carbocycles. The lowest BCUT2D eigenvalue weighted by atomic mass is 10.2. The van der Waals surface area contributed by atoms with Crippen molar-refractivity contribution in [2.24, 2.45) is 0 Å². The minimum Gasteiger partial charge on any atom is -0.396 e. The molecule has 0 aliphatic carbocycles. The predicted octanol–water partition coefficient (Wildman–Crippen LogP) is 0.859. The van der Waals surface area contributed by atoms with Crippen molar-refractivity contribution in [2.45, 2.75) is 45.7 Å². The minimum absolute atomic E-state index is 0.0440. The number of aliphatic hydroxyl groups excluding tert-OH is 1. The van der Waals surface area contributed by atoms with E-state index in [1.807, 2.05) is 24.6 Å². The largest absolute Gasteiger partial charge is 0.396 e. The van der Waals surface area contributed by atoms with E-state index in [1.165, 1.54) is 0 Å². The van der Waals surface area contributed by atoms with E-state index in [1.54, 1.807) is 6.20 Å². The minimum atomic E-state index is 0.0440. The van der Waals surface area contributed by atoms with E-state index < -0.39 is 0 Å². The fraction of sp³-hybridized carbons (Fsp3) is 0.667. The summed E-state index contributed by atoms with van der Waals surface area (Å²) in [5, 5.41) is 11.6. The van der Waals surface area contributed by atoms with Gasteiger partial charge < -0.3 is 15.0 Å². The molecule has 1 atom stereocenters. The Balaban J connectivity index is 2.18. The van der Waals surface area contributed by atoms with Crippen LogP contribution in [0.4, 0.5) is 0 Å². The maximum Gasteiger partial charge on any atom is 0.220 e. The van der Waals surface area contributed by atoms with Crippen LogP contribution in [0.1, 0.15) is 32.0 Å². The summed E-state index contributed by atoms with van der Waals surface area (Å²) in [6, 6.07) is 0.0440. The molecule has 0 aliphatic rings. The van der Waals surface area contributed by atoms with Crippen LogP contribution < -0.4 is 5.32 Å². The predicted molar refractivity (Wildman–Crippen MR) is 65.5 cm³/mol. The lowest BCUT2D eigenvalue weighted by Gasteiger charge is -2.12. The fourth-order valence-corrected chi connectivity index (χ4v) is 1.66. The van der Waals surface area contributed by atoms with Gasteiger partial charge in [-0.05, 0) is 26.7 Å². The highest BCUT2D eigenvalue weighted by Crippen LogP contribution is 2.00. The Kier molecular flexibility index (Phi) is 5.69. The first-order chi connectivity index (χ1) is 8.13. The van der Waals surface area contributed by atoms with E-state index in [0.717, 1.165) is 18.8 Å². The second-order valence-electron chi connectivity index (χ2n) is 4.25. The molecule has 5 heteroatoms. The van der Waals surface area contributed by atoms with Crippen LogP contribution in [0.3, 0.4) is 0 Å². The Morgan fingerprint density at radius 1 is 1.65 bits per heavy atom. The quantitative estimate of drug-likeness (QED) is 0.741. The van der Waals surface area contributed by atoms with E-state index in [-0.39, 0.29) is 18.6 Å². The topological polar surface area (TPSA) is 67.2 Å². The van der Waals surface area contributed by atoms with Gasteiger partial charge in [-0.3, -0.25) is 4.79 Å². The van der Waals surface area contributed by atoms with Gasteiger partial charge in [-0.2, -0.15) is 0 Å². The molecule has 96 valence electrons. The fourth-order valence-electron chi connectivity index (χ4n) is 1.66. The molecular weight excluding hydrogens is 218 g/mol. The Bertz CT molecular complexity index is 349. The number of imidazole rings is 1. The SMILES string of the molecule is Cc1nccn1CCCC(=O)NC(C)CCO. The molecule has 1 aromatic rings. The zero-order chi connectivity index (χ0) is 12.7. The third-order valence-corrected chi connectivity index (χ3v) is 2.70. The van der Waals surface area contributed by atoms with Gasteiger partial charge in [-0.25, -0.2) is 4.98 Å². The number of aryl methyl sites for hydroxylation is 2. The first kappa shape index (κ1) is 13.7. The Morgan fingerprint density at radius 3 is 3.00 bits per heavy atom. The standard InChI is InChI=1S/C12H21N3O2/c1-10(5-9-16)14-12(17)4-3-7-15-8-6-13-11(15)2/h6,8,10,16H,3-5,7,9H2,1-2H3,(H,14,17). The number of aliphatic hydroxyl groups is 1. The van der Waals surface area contributed by atoms with Gasteiger partial charge in [0.05, 0.1) is 0 Å². The number of aromatic nitrogens is 2. The lowest BCUT2D eigenvalue weighted by molar-refractivity contribution is -0.121. The van der Waals surface area contributed by atoms with Crippen molar-refractivity contribution in [1.29, 1.82) is 0 Å². The normalized spacial score (nSPS) is 12.4. The Labute approximate surface area is 102 Å². The van der Waals surface area contributed by atoms with E-state index in [4.69, 9.17) is 5.11 Å². The van der Waals surface area contributed by atoms with E-state index in [0.29, 0.717) is 12.8 Å². The number of carbonyl (C=O) groups is 1. The molecule has 0 aliphatic heterocycles. The van der Waals surface area contributed by atoms with Crippen LogP contribution >= 0.6 is 0 Å². The van der Waals surface area contributed by atoms with Crippen LogP contribution in [-0.2, 0) is 11.3 Å². The van der Waals surface area contributed by atoms with Crippen LogP contribution in [0.25, 0.3) is 0 Å². The van der Waals surface area contributed by atoms with Crippen molar-refractivity contribution in [3.05, 3.63) is 18.2 Å². The van der Waals surface area contributed by atoms with Crippen molar-refractivity contribution in [3.8, 4) is 0 Å². The Hall–Kier alpha value is -1.36. The molecule has 0 fully saturated rings. The molecule has 1 aromatic heterocycles. The number of nitrogens with zero attached hydrogens (tertiary/aromatic N) is 2. The van der Waals surface area contributed by atoms with E-state index >= 15 is 0 Å². The number of hydrogen-bond donors (Lipinski definition) is 2. The monoisotopic (exact) mass is 239 g/mol. The molecule has 0 spiro atoms. The van der Waals surface area contributed by atoms with Crippen molar-refractivity contribution < 1.29 is 9.90 Å². The van der Waals surface area contributed by atoms with E-state index in [9.17, 15) is 4.79 Å². The van der Waals surface area contributed by atoms with Gasteiger partial charge in [-0.1, -0.05) is 0 Å². The first-order valence-electron chi connectivity index (χ1n) is 6.01. The molecule has 17 heavy (non-hydrogen) atoms. The number of amides is 1. The second-order valence-corrected chi connectivity index (χ2v) is 4.25. The molecule has 0 radical (unpaired) electrons. The molecule has 5 nitrogen and oxygen atoms in total. The van der Waals surface area contributed by atoms with Crippen molar-refractivity contribution in [1.82, 2.24) is 14.9 Å². The van der Waals surface area contributed by atoms with Crippen molar-refractivity contribution in [3.63, 3.8) is 0 Å². The van der Waals surface area contributed by atoms with Gasteiger partial charge in [-0.15, -0.1) is 0 Å². The zero-order valence-electron chi connectivity index (χ0n) is 10.5. The molecule has 0 saturated heterocycles. The zero-order valence-corrected chi connectivity index (χ0v) is 10.5. The molecule has 2 N–H and O–H groups in total. The molecule has 1 amide bonds. The highest BCUT2D eigenvalue weighted by atomic mass is 16.3. The molecule has 1 rings (SSSR count). The lowest BCUT2D eigenvalue weighted by Crippen LogP contribution is -2.33. The summed E-state index contributed by atoms with van der Waals surface area (Å²) in [7, 11) is 0. The number of carbonyl (C=O) groups excluding carboxylic acids is 1. The molecule has 1 unspecified atom stereocenters. The molecule has 0 aromatic carbocycles. The van der Waals surface area contributed by atoms with Crippen LogP contribution in [0, 0.1) is 6.92 Å². The maximum absolute atomic E-state index is 11.5. The van der Waals surface area contributed by atoms with Crippen molar-refractivity contribution >= 4 is 5.91 Å². The van der Waals surface area contributed by atoms with Crippen LogP contribution in [0.5, 0.6) is 0 Å². The van der Waals surface area contributed by atoms with Gasteiger partial charge in [0.15, 0.2) is 0 Å². The second kappa shape index (κ2) is 7.06. The van der Waals surface area contributed by atoms with Crippen LogP contribution in [-0.4, -0.2) is 33.2 Å². The number of rotatable bonds is 7. The summed E-state index contributed by atoms with van der Waals surface area (Å²) >= 11 is 0. The maximum atomic E-state index is 11.5. The average Bonchev–Trinajstić information content (AvgIpc) is 2.64. The smallest absolute Gasteiger partial charge is 0.220 e. The van der Waals surface area contributed by atoms with Crippen LogP contribution in [0.2, 0.25) is 0 Å². The van der Waals surface area contributed by atoms with Crippen molar-refractivity contribution in [2.75, 3.05) is 6.61 Å². The van der Waals surface area contributed by atoms with Gasteiger partial charge in [0.1, 0.15) is 5.82 Å². The number of hydrogen-bond acceptors (Lipinski definition) is 3. The molecule has 1 heterocycles. The summed E-state index contributed by atoms with van der Waals surface area (Å²) in [4.78, 5) is 15.6. The molecule has 0 bridgehead atoms. The van der Waals surface area contributed by atoms with Crippen LogP contribution in [0.15, 0.2) is 12.4 Å². The highest BCUT2D eigenvalue weighted by Gasteiger charge is 2.06. The third-order valence-electron chi connectivity index (χ3n) is 2.70. The summed E-state index contributed by atoms with van der Waals surface area (Å²) < 4.78 is 2.03. The molecular formula is C12H21N3O2. The summed E-state index contributed by atoms with van der Waals surface area (Å²) in [6.45, 7) is 4.76. The Morgan fingerprint density at radius 2 is 2.41 bits per heavy atom. The summed E-state index contributed by atoms with van der Waals surface area (Å²) in [5.41, 5.74) is 0. The summed E-state index contributed by atoms with van der Waals surface area (Å²) in [6.07, 6.45) is 5.59. The highest BCUT2D eigenvalue weighted by molar-refractivity contribution is 5.76. The van der Waals surface area contributed by atoms with Gasteiger partial charge in [0.25, 0.3) is 0 Å². The van der Waals surface area contributed by atoms with Gasteiger partial charge >= 0.3 is 0 Å². The first-order valence-corrected chi connectivity index (χ1v) is 6.01. The van der Waals surface area contributed by atoms with E-state index in [2.05, 4.69) is 10.3 Å². The third kappa shape index (κ3) is 4.99. The average molecular weight is 239 g/mol. The van der Waals surface area contributed by atoms with Gasteiger partial charge in [0, 0.05) is 38.0 Å². The summed E-state index contributed by atoms with van der Waals surface area (Å²) in [5.74, 6) is 1.02. The van der Waals surface area contributed by atoms with Gasteiger partial charge in [0.2, 0.25) is 5.91 Å².